The third-order valence-corrected chi connectivity index (χ3v) is 3.63. The second-order valence-corrected chi connectivity index (χ2v) is 5.11. The van der Waals surface area contributed by atoms with Gasteiger partial charge in [-0.05, 0) is 46.3 Å². The average molecular weight is 264 g/mol. The first kappa shape index (κ1) is 14.1. The van der Waals surface area contributed by atoms with Crippen molar-refractivity contribution in [1.82, 2.24) is 20.1 Å². The van der Waals surface area contributed by atoms with Crippen LogP contribution in [0.2, 0.25) is 0 Å². The Bertz CT molecular complexity index is 408. The topological polar surface area (TPSA) is 71.2 Å². The van der Waals surface area contributed by atoms with Crippen molar-refractivity contribution in [3.8, 4) is 0 Å². The second kappa shape index (κ2) is 6.77. The minimum Gasteiger partial charge on any atom is -0.338 e. The van der Waals surface area contributed by atoms with Crippen LogP contribution in [-0.2, 0) is 0 Å². The molecule has 0 aliphatic carbocycles. The highest BCUT2D eigenvalue weighted by atomic mass is 15.3. The zero-order chi connectivity index (χ0) is 13.7. The first-order valence-electron chi connectivity index (χ1n) is 7.06. The van der Waals surface area contributed by atoms with Gasteiger partial charge in [0.1, 0.15) is 0 Å². The Balaban J connectivity index is 1.96. The van der Waals surface area contributed by atoms with E-state index in [1.807, 2.05) is 13.8 Å². The molecule has 1 aromatic heterocycles. The molecule has 0 saturated carbocycles. The maximum Gasteiger partial charge on any atom is 0.245 e. The third-order valence-electron chi connectivity index (χ3n) is 3.63. The van der Waals surface area contributed by atoms with Crippen LogP contribution in [-0.4, -0.2) is 59.3 Å². The summed E-state index contributed by atoms with van der Waals surface area (Å²) in [6.45, 7) is 9.94. The summed E-state index contributed by atoms with van der Waals surface area (Å²) in [6.07, 6.45) is 2.21. The number of anilines is 1. The fraction of sp³-hybridized carbons (Fsp3) is 0.769. The molecule has 1 aliphatic heterocycles. The van der Waals surface area contributed by atoms with Gasteiger partial charge in [0.2, 0.25) is 5.95 Å². The molecule has 0 spiro atoms. The van der Waals surface area contributed by atoms with Crippen molar-refractivity contribution >= 4 is 5.95 Å². The van der Waals surface area contributed by atoms with E-state index in [4.69, 9.17) is 5.73 Å². The highest BCUT2D eigenvalue weighted by molar-refractivity contribution is 5.30. The van der Waals surface area contributed by atoms with Crippen molar-refractivity contribution in [2.45, 2.75) is 26.7 Å². The highest BCUT2D eigenvalue weighted by Gasteiger charge is 2.17. The van der Waals surface area contributed by atoms with Crippen molar-refractivity contribution in [2.75, 3.05) is 44.2 Å². The van der Waals surface area contributed by atoms with Gasteiger partial charge in [0.05, 0.1) is 11.4 Å². The van der Waals surface area contributed by atoms with Crippen LogP contribution in [0.5, 0.6) is 0 Å². The summed E-state index contributed by atoms with van der Waals surface area (Å²) in [5, 5.41) is 8.39. The minimum atomic E-state index is 0.767. The van der Waals surface area contributed by atoms with Gasteiger partial charge in [0.25, 0.3) is 0 Å². The maximum absolute atomic E-state index is 5.57. The summed E-state index contributed by atoms with van der Waals surface area (Å²) >= 11 is 0. The summed E-state index contributed by atoms with van der Waals surface area (Å²) in [6, 6.07) is 0. The van der Waals surface area contributed by atoms with Crippen LogP contribution in [0, 0.1) is 13.8 Å². The van der Waals surface area contributed by atoms with Gasteiger partial charge in [-0.25, -0.2) is 4.98 Å². The number of rotatable bonds is 4. The fourth-order valence-corrected chi connectivity index (χ4v) is 2.29. The van der Waals surface area contributed by atoms with Gasteiger partial charge >= 0.3 is 0 Å². The van der Waals surface area contributed by atoms with E-state index in [1.165, 1.54) is 0 Å². The van der Waals surface area contributed by atoms with E-state index >= 15 is 0 Å². The molecule has 106 valence electrons. The summed E-state index contributed by atoms with van der Waals surface area (Å²) in [7, 11) is 0. The Hall–Kier alpha value is -1.27. The van der Waals surface area contributed by atoms with E-state index in [1.54, 1.807) is 0 Å². The molecule has 2 N–H and O–H groups in total. The third kappa shape index (κ3) is 3.84. The van der Waals surface area contributed by atoms with Gasteiger partial charge in [0, 0.05) is 19.6 Å². The van der Waals surface area contributed by atoms with Gasteiger partial charge in [0.15, 0.2) is 0 Å². The minimum absolute atomic E-state index is 0.767. The SMILES string of the molecule is Cc1nnc(N2CCCN(CCCN)CC2)nc1C. The van der Waals surface area contributed by atoms with E-state index in [0.717, 1.165) is 69.4 Å². The van der Waals surface area contributed by atoms with Gasteiger partial charge in [-0.3, -0.25) is 0 Å². The molecule has 0 bridgehead atoms. The number of aryl methyl sites for hydroxylation is 2. The van der Waals surface area contributed by atoms with Crippen LogP contribution in [0.1, 0.15) is 24.2 Å². The molecular weight excluding hydrogens is 240 g/mol. The van der Waals surface area contributed by atoms with E-state index in [0.29, 0.717) is 0 Å². The molecule has 1 aliphatic rings. The maximum atomic E-state index is 5.57. The molecule has 2 rings (SSSR count). The summed E-state index contributed by atoms with van der Waals surface area (Å²) in [4.78, 5) is 9.25. The normalized spacial score (nSPS) is 17.5. The van der Waals surface area contributed by atoms with Crippen LogP contribution in [0.3, 0.4) is 0 Å². The lowest BCUT2D eigenvalue weighted by molar-refractivity contribution is 0.291. The number of nitrogens with zero attached hydrogens (tertiary/aromatic N) is 5. The molecule has 1 fully saturated rings. The molecular formula is C13H24N6. The zero-order valence-electron chi connectivity index (χ0n) is 12.0. The Morgan fingerprint density at radius 3 is 2.63 bits per heavy atom. The Morgan fingerprint density at radius 1 is 1.05 bits per heavy atom. The van der Waals surface area contributed by atoms with E-state index in [2.05, 4.69) is 25.0 Å². The van der Waals surface area contributed by atoms with E-state index in [-0.39, 0.29) is 0 Å². The summed E-state index contributed by atoms with van der Waals surface area (Å²) in [5.74, 6) is 0.767. The Kier molecular flexibility index (Phi) is 5.04. The molecule has 1 saturated heterocycles. The molecule has 0 aromatic carbocycles. The lowest BCUT2D eigenvalue weighted by Crippen LogP contribution is -2.33. The first-order valence-corrected chi connectivity index (χ1v) is 7.06. The van der Waals surface area contributed by atoms with Crippen molar-refractivity contribution < 1.29 is 0 Å². The van der Waals surface area contributed by atoms with Gasteiger partial charge in [-0.1, -0.05) is 0 Å². The summed E-state index contributed by atoms with van der Waals surface area (Å²) in [5.41, 5.74) is 7.44. The molecule has 6 nitrogen and oxygen atoms in total. The number of aromatic nitrogens is 3. The molecule has 2 heterocycles. The van der Waals surface area contributed by atoms with Crippen LogP contribution in [0.4, 0.5) is 5.95 Å². The Morgan fingerprint density at radius 2 is 1.89 bits per heavy atom. The summed E-state index contributed by atoms with van der Waals surface area (Å²) < 4.78 is 0. The van der Waals surface area contributed by atoms with Gasteiger partial charge in [-0.15, -0.1) is 5.10 Å². The highest BCUT2D eigenvalue weighted by Crippen LogP contribution is 2.12. The van der Waals surface area contributed by atoms with Crippen LogP contribution >= 0.6 is 0 Å². The smallest absolute Gasteiger partial charge is 0.245 e. The van der Waals surface area contributed by atoms with E-state index in [9.17, 15) is 0 Å². The van der Waals surface area contributed by atoms with Crippen LogP contribution in [0.15, 0.2) is 0 Å². The van der Waals surface area contributed by atoms with Crippen molar-refractivity contribution in [3.05, 3.63) is 11.4 Å². The predicted octanol–water partition coefficient (Wildman–Crippen LogP) is 0.349. The molecule has 0 radical (unpaired) electrons. The zero-order valence-corrected chi connectivity index (χ0v) is 12.0. The van der Waals surface area contributed by atoms with E-state index < -0.39 is 0 Å². The standard InChI is InChI=1S/C13H24N6/c1-11-12(2)16-17-13(15-11)19-8-4-7-18(9-10-19)6-3-5-14/h3-10,14H2,1-2H3. The largest absolute Gasteiger partial charge is 0.338 e. The monoisotopic (exact) mass is 264 g/mol. The number of hydrogen-bond donors (Lipinski definition) is 1. The van der Waals surface area contributed by atoms with Crippen molar-refractivity contribution in [2.24, 2.45) is 5.73 Å². The molecule has 0 atom stereocenters. The molecule has 0 unspecified atom stereocenters. The second-order valence-electron chi connectivity index (χ2n) is 5.11. The lowest BCUT2D eigenvalue weighted by atomic mass is 10.3. The number of nitrogens with two attached hydrogens (primary N) is 1. The van der Waals surface area contributed by atoms with Crippen LogP contribution in [0.25, 0.3) is 0 Å². The van der Waals surface area contributed by atoms with Crippen molar-refractivity contribution in [1.29, 1.82) is 0 Å². The first-order chi connectivity index (χ1) is 9.20. The van der Waals surface area contributed by atoms with Crippen molar-refractivity contribution in [3.63, 3.8) is 0 Å². The predicted molar refractivity (Wildman–Crippen MR) is 76.2 cm³/mol. The van der Waals surface area contributed by atoms with Gasteiger partial charge in [-0.2, -0.15) is 5.10 Å². The number of hydrogen-bond acceptors (Lipinski definition) is 6. The molecule has 0 amide bonds. The quantitative estimate of drug-likeness (QED) is 0.846. The van der Waals surface area contributed by atoms with Gasteiger partial charge < -0.3 is 15.5 Å². The Labute approximate surface area is 115 Å². The molecule has 1 aromatic rings. The average Bonchev–Trinajstić information content (AvgIpc) is 2.65. The molecule has 19 heavy (non-hydrogen) atoms. The fourth-order valence-electron chi connectivity index (χ4n) is 2.29. The lowest BCUT2D eigenvalue weighted by Gasteiger charge is -2.21. The molecule has 6 heteroatoms. The van der Waals surface area contributed by atoms with Crippen LogP contribution < -0.4 is 10.6 Å².